The van der Waals surface area contributed by atoms with Crippen molar-refractivity contribution < 1.29 is 26.3 Å². The van der Waals surface area contributed by atoms with E-state index < -0.39 is 23.9 Å². The Hall–Kier alpha value is -3.36. The van der Waals surface area contributed by atoms with Crippen LogP contribution in [0.15, 0.2) is 105 Å². The number of benzene rings is 3. The molecule has 13 heteroatoms. The van der Waals surface area contributed by atoms with Gasteiger partial charge in [0.25, 0.3) is 10.0 Å². The van der Waals surface area contributed by atoms with Gasteiger partial charge in [-0.15, -0.1) is 3.89 Å². The van der Waals surface area contributed by atoms with Gasteiger partial charge in [-0.3, -0.25) is 4.31 Å². The average Bonchev–Trinajstić information content (AvgIpc) is 3.45. The lowest BCUT2D eigenvalue weighted by Gasteiger charge is -2.40. The first-order valence-corrected chi connectivity index (χ1v) is 19.7. The van der Waals surface area contributed by atoms with E-state index in [2.05, 4.69) is 26.1 Å². The smallest absolute Gasteiger partial charge is 0.336 e. The molecule has 0 amide bonds. The fourth-order valence-electron chi connectivity index (χ4n) is 7.04. The van der Waals surface area contributed by atoms with Crippen LogP contribution in [0.25, 0.3) is 0 Å². The van der Waals surface area contributed by atoms with Crippen molar-refractivity contribution in [2.24, 2.45) is 0 Å². The fraction of sp³-hybridized carbons (Fsp3) is 0.353. The highest BCUT2D eigenvalue weighted by Gasteiger charge is 2.54. The summed E-state index contributed by atoms with van der Waals surface area (Å²) in [5, 5.41) is 3.38. The van der Waals surface area contributed by atoms with Gasteiger partial charge in [0.2, 0.25) is 0 Å². The number of quaternary nitrogens is 1. The second-order valence-corrected chi connectivity index (χ2v) is 16.8. The lowest BCUT2D eigenvalue weighted by atomic mass is 10.0. The number of hydrogen-bond acceptors (Lipinski definition) is 8. The number of halogens is 1. The molecule has 3 aromatic rings. The number of hydrogen-bond donors (Lipinski definition) is 1. The Morgan fingerprint density at radius 3 is 2.34 bits per heavy atom. The molecule has 7 rings (SSSR count). The first-order chi connectivity index (χ1) is 22.7. The summed E-state index contributed by atoms with van der Waals surface area (Å²) in [6, 6.07) is 20.8. The maximum atomic E-state index is 15.3. The summed E-state index contributed by atoms with van der Waals surface area (Å²) in [5.74, 6) is 0.881. The monoisotopic (exact) mass is 741 g/mol. The van der Waals surface area contributed by atoms with Crippen molar-refractivity contribution in [1.82, 2.24) is 14.1 Å². The van der Waals surface area contributed by atoms with Crippen LogP contribution in [-0.2, 0) is 20.0 Å². The Morgan fingerprint density at radius 1 is 0.787 bits per heavy atom. The molecule has 10 nitrogen and oxygen atoms in total. The molecule has 1 unspecified atom stereocenters. The molecule has 0 saturated carbocycles. The maximum absolute atomic E-state index is 15.3. The van der Waals surface area contributed by atoms with E-state index in [0.717, 1.165) is 31.9 Å². The molecule has 0 spiro atoms. The number of nitrogens with zero attached hydrogens (tertiary/aromatic N) is 3. The first kappa shape index (κ1) is 32.2. The molecule has 3 heterocycles. The normalized spacial score (nSPS) is 22.2. The number of rotatable bonds is 6. The molecule has 248 valence electrons. The Bertz CT molecular complexity index is 1950. The van der Waals surface area contributed by atoms with Gasteiger partial charge in [0.05, 0.1) is 23.4 Å². The third kappa shape index (κ3) is 5.55. The molecule has 0 radical (unpaired) electrons. The highest BCUT2D eigenvalue weighted by atomic mass is 79.9. The number of sulfonamides is 2. The van der Waals surface area contributed by atoms with Gasteiger partial charge in [-0.2, -0.15) is 8.42 Å². The molecular weight excluding hydrogens is 704 g/mol. The van der Waals surface area contributed by atoms with Gasteiger partial charge in [0.15, 0.2) is 22.9 Å². The number of ether oxygens (including phenoxy) is 2. The molecule has 1 aliphatic carbocycles. The van der Waals surface area contributed by atoms with Crippen LogP contribution in [0.2, 0.25) is 0 Å². The zero-order chi connectivity index (χ0) is 32.6. The number of nitrogens with one attached hydrogen (secondary N) is 1. The van der Waals surface area contributed by atoms with E-state index in [9.17, 15) is 0 Å². The second kappa shape index (κ2) is 12.9. The minimum Gasteiger partial charge on any atom is -0.490 e. The van der Waals surface area contributed by atoms with Crippen molar-refractivity contribution in [3.8, 4) is 11.5 Å². The number of para-hydroxylation sites is 3. The van der Waals surface area contributed by atoms with E-state index in [-0.39, 0.29) is 35.0 Å². The molecule has 1 saturated heterocycles. The minimum atomic E-state index is -4.30. The third-order valence-electron chi connectivity index (χ3n) is 9.26. The van der Waals surface area contributed by atoms with E-state index in [1.165, 1.54) is 4.31 Å². The van der Waals surface area contributed by atoms with Gasteiger partial charge < -0.3 is 19.7 Å². The van der Waals surface area contributed by atoms with Crippen LogP contribution in [0, 0.1) is 0 Å². The minimum absolute atomic E-state index is 0.0964. The summed E-state index contributed by atoms with van der Waals surface area (Å²) in [6.07, 6.45) is 3.35. The van der Waals surface area contributed by atoms with Gasteiger partial charge in [-0.05, 0) is 59.1 Å². The number of allylic oxidation sites excluding steroid dienone is 3. The quantitative estimate of drug-likeness (QED) is 0.338. The standard InChI is InChI=1S/C34H38BrN4O6S2/c35-28-11-6-12-29-34(28)45-23-7-19-38(29)46(40,41)33-16-15-26(37-20-17-36-18-21-37)25-31(33)39(47(42,43)27-9-2-1-3-10-27)22-8-24-44-32-14-5-4-13-30(32)39/h1-6,9-14,25,36H,7-8,15-24H2/q+1. The zero-order valence-electron chi connectivity index (χ0n) is 26.0. The predicted molar refractivity (Wildman–Crippen MR) is 186 cm³/mol. The molecule has 1 fully saturated rings. The van der Waals surface area contributed by atoms with E-state index in [4.69, 9.17) is 9.47 Å². The van der Waals surface area contributed by atoms with E-state index >= 15 is 16.8 Å². The predicted octanol–water partition coefficient (Wildman–Crippen LogP) is 5.34. The largest absolute Gasteiger partial charge is 0.490 e. The molecule has 3 aliphatic heterocycles. The SMILES string of the molecule is O=S(=O)(C1=C([N+]2(S(=O)(=O)c3ccccc3)CCCOc3ccccc32)C=C(N2CCNCC2)CC1)N1CCCOc2c(Br)cccc21. The summed E-state index contributed by atoms with van der Waals surface area (Å²) in [5.41, 5.74) is 2.01. The number of piperazine rings is 1. The number of fused-ring (bicyclic) bond motifs is 2. The lowest BCUT2D eigenvalue weighted by molar-refractivity contribution is 0.287. The summed E-state index contributed by atoms with van der Waals surface area (Å²) < 4.78 is 74.7. The van der Waals surface area contributed by atoms with E-state index in [1.54, 1.807) is 60.7 Å². The highest BCUT2D eigenvalue weighted by Crippen LogP contribution is 2.50. The van der Waals surface area contributed by atoms with E-state index in [1.807, 2.05) is 18.2 Å². The molecule has 4 aliphatic rings. The Labute approximate surface area is 285 Å². The zero-order valence-corrected chi connectivity index (χ0v) is 29.2. The van der Waals surface area contributed by atoms with Crippen molar-refractivity contribution in [3.63, 3.8) is 0 Å². The molecule has 1 atom stereocenters. The maximum Gasteiger partial charge on any atom is 0.336 e. The molecule has 0 aromatic heterocycles. The van der Waals surface area contributed by atoms with Crippen molar-refractivity contribution in [2.45, 2.75) is 30.6 Å². The molecule has 47 heavy (non-hydrogen) atoms. The average molecular weight is 743 g/mol. The van der Waals surface area contributed by atoms with Crippen molar-refractivity contribution in [3.05, 3.63) is 99.6 Å². The Kier molecular flexibility index (Phi) is 8.85. The van der Waals surface area contributed by atoms with Gasteiger partial charge in [-0.25, -0.2) is 8.42 Å². The number of anilines is 1. The van der Waals surface area contributed by atoms with Gasteiger partial charge >= 0.3 is 10.0 Å². The first-order valence-electron chi connectivity index (χ1n) is 16.0. The van der Waals surface area contributed by atoms with E-state index in [0.29, 0.717) is 59.8 Å². The van der Waals surface area contributed by atoms with Crippen LogP contribution in [0.4, 0.5) is 11.4 Å². The molecule has 3 aromatic carbocycles. The van der Waals surface area contributed by atoms with Crippen LogP contribution in [0.3, 0.4) is 0 Å². The van der Waals surface area contributed by atoms with Gasteiger partial charge in [0, 0.05) is 63.4 Å². The van der Waals surface area contributed by atoms with Crippen LogP contribution in [0.1, 0.15) is 25.7 Å². The summed E-state index contributed by atoms with van der Waals surface area (Å²) in [7, 11) is -8.57. The summed E-state index contributed by atoms with van der Waals surface area (Å²) in [6.45, 7) is 4.03. The summed E-state index contributed by atoms with van der Waals surface area (Å²) in [4.78, 5) is 2.46. The second-order valence-electron chi connectivity index (χ2n) is 12.0. The molecular formula is C34H38BrN4O6S2+. The fourth-order valence-corrected chi connectivity index (χ4v) is 11.5. The summed E-state index contributed by atoms with van der Waals surface area (Å²) >= 11 is 3.55. The van der Waals surface area contributed by atoms with Crippen LogP contribution in [-0.4, -0.2) is 74.2 Å². The van der Waals surface area contributed by atoms with Crippen molar-refractivity contribution >= 4 is 47.4 Å². The van der Waals surface area contributed by atoms with Crippen LogP contribution in [0.5, 0.6) is 11.5 Å². The lowest BCUT2D eigenvalue weighted by Crippen LogP contribution is -2.55. The Balaban J connectivity index is 1.55. The van der Waals surface area contributed by atoms with Crippen molar-refractivity contribution in [1.29, 1.82) is 0 Å². The van der Waals surface area contributed by atoms with Gasteiger partial charge in [0.1, 0.15) is 16.3 Å². The molecule has 0 bridgehead atoms. The van der Waals surface area contributed by atoms with Crippen LogP contribution >= 0.6 is 15.9 Å². The van der Waals surface area contributed by atoms with Gasteiger partial charge in [-0.1, -0.05) is 36.4 Å². The third-order valence-corrected chi connectivity index (χ3v) is 14.1. The van der Waals surface area contributed by atoms with Crippen LogP contribution < -0.4 is 23.0 Å². The Morgan fingerprint density at radius 2 is 1.53 bits per heavy atom. The highest BCUT2D eigenvalue weighted by molar-refractivity contribution is 9.10. The molecule has 1 N–H and O–H groups in total. The topological polar surface area (TPSA) is 105 Å². The van der Waals surface area contributed by atoms with Crippen molar-refractivity contribution in [2.75, 3.05) is 56.8 Å².